The van der Waals surface area contributed by atoms with Crippen LogP contribution in [0.5, 0.6) is 0 Å². The number of pyridine rings is 2. The van der Waals surface area contributed by atoms with E-state index in [1.54, 1.807) is 12.1 Å². The Kier molecular flexibility index (Phi) is 3.62. The van der Waals surface area contributed by atoms with Crippen LogP contribution < -0.4 is 4.57 Å². The molecule has 0 amide bonds. The van der Waals surface area contributed by atoms with Crippen LogP contribution in [0.4, 0.5) is 4.39 Å². The second kappa shape index (κ2) is 6.24. The monoisotopic (exact) mass is 445 g/mol. The smallest absolute Gasteiger partial charge is 0.224 e. The minimum absolute atomic E-state index is 0.0981. The van der Waals surface area contributed by atoms with Crippen molar-refractivity contribution in [3.05, 3.63) is 83.8 Å². The maximum atomic E-state index is 14.5. The Morgan fingerprint density at radius 2 is 1.56 bits per heavy atom. The number of benzene rings is 4. The van der Waals surface area contributed by atoms with Crippen LogP contribution in [0.3, 0.4) is 0 Å². The van der Waals surface area contributed by atoms with Gasteiger partial charge in [0.25, 0.3) is 0 Å². The maximum Gasteiger partial charge on any atom is 0.224 e. The Hall–Kier alpha value is -3.72. The largest absolute Gasteiger partial charge is 0.307 e. The topological polar surface area (TPSA) is 8.29 Å². The van der Waals surface area contributed by atoms with Crippen molar-refractivity contribution in [1.82, 2.24) is 4.40 Å². The zero-order valence-corrected chi connectivity index (χ0v) is 20.1. The van der Waals surface area contributed by atoms with E-state index < -0.39 is 0 Å². The Balaban J connectivity index is 2.01. The number of hydrogen-bond acceptors (Lipinski definition) is 0. The molecule has 166 valence electrons. The molecule has 0 bridgehead atoms. The SMILES string of the molecule is Cc1c2ccccc2c(C(C)(C)C)c2c1c1c3c(ccc4c5cc(F)ccc5n2c43)cc[n+]1C. The zero-order chi connectivity index (χ0) is 23.5. The third-order valence-corrected chi connectivity index (χ3v) is 7.65. The molecule has 0 unspecified atom stereocenters. The van der Waals surface area contributed by atoms with E-state index in [1.165, 1.54) is 54.6 Å². The summed E-state index contributed by atoms with van der Waals surface area (Å²) >= 11 is 0. The Bertz CT molecular complexity index is 1970. The quantitative estimate of drug-likeness (QED) is 0.128. The number of fused-ring (bicyclic) bond motifs is 7. The molecule has 0 aliphatic carbocycles. The van der Waals surface area contributed by atoms with Crippen LogP contribution in [-0.2, 0) is 12.5 Å². The first kappa shape index (κ1) is 19.7. The first-order valence-corrected chi connectivity index (χ1v) is 11.9. The minimum Gasteiger partial charge on any atom is -0.307 e. The van der Waals surface area contributed by atoms with Gasteiger partial charge in [0.05, 0.1) is 27.3 Å². The first-order valence-electron chi connectivity index (χ1n) is 11.9. The van der Waals surface area contributed by atoms with Gasteiger partial charge in [0.1, 0.15) is 12.9 Å². The summed E-state index contributed by atoms with van der Waals surface area (Å²) in [4.78, 5) is 0. The molecule has 0 spiro atoms. The fourth-order valence-electron chi connectivity index (χ4n) is 6.33. The lowest BCUT2D eigenvalue weighted by atomic mass is 9.80. The van der Waals surface area contributed by atoms with Crippen molar-refractivity contribution in [3.63, 3.8) is 0 Å². The third kappa shape index (κ3) is 2.27. The van der Waals surface area contributed by atoms with E-state index in [-0.39, 0.29) is 11.2 Å². The molecule has 0 saturated carbocycles. The van der Waals surface area contributed by atoms with Crippen molar-refractivity contribution in [2.24, 2.45) is 7.05 Å². The number of aromatic nitrogens is 2. The molecule has 3 heteroatoms. The molecular formula is C31H26FN2+. The Morgan fingerprint density at radius 3 is 2.32 bits per heavy atom. The fourth-order valence-corrected chi connectivity index (χ4v) is 6.33. The average Bonchev–Trinajstić information content (AvgIpc) is 3.13. The molecule has 3 aromatic heterocycles. The summed E-state index contributed by atoms with van der Waals surface area (Å²) in [5, 5.41) is 8.38. The molecule has 0 aliphatic heterocycles. The summed E-state index contributed by atoms with van der Waals surface area (Å²) in [6, 6.07) is 20.5. The number of hydrogen-bond donors (Lipinski definition) is 0. The molecule has 7 aromatic rings. The Morgan fingerprint density at radius 1 is 0.794 bits per heavy atom. The highest BCUT2D eigenvalue weighted by molar-refractivity contribution is 6.29. The van der Waals surface area contributed by atoms with Gasteiger partial charge in [-0.1, -0.05) is 57.2 Å². The van der Waals surface area contributed by atoms with Crippen molar-refractivity contribution in [2.75, 3.05) is 0 Å². The van der Waals surface area contributed by atoms with Gasteiger partial charge in [-0.25, -0.2) is 8.96 Å². The fraction of sp³-hybridized carbons (Fsp3) is 0.194. The molecule has 0 aliphatic rings. The van der Waals surface area contributed by atoms with Crippen LogP contribution in [0.25, 0.3) is 59.8 Å². The summed E-state index contributed by atoms with van der Waals surface area (Å²) in [6.07, 6.45) is 2.16. The number of halogens is 1. The number of rotatable bonds is 0. The lowest BCUT2D eigenvalue weighted by Gasteiger charge is -2.26. The van der Waals surface area contributed by atoms with Gasteiger partial charge in [-0.3, -0.25) is 0 Å². The minimum atomic E-state index is -0.198. The molecule has 0 atom stereocenters. The van der Waals surface area contributed by atoms with Gasteiger partial charge in [0.2, 0.25) is 5.52 Å². The van der Waals surface area contributed by atoms with Gasteiger partial charge in [0.15, 0.2) is 6.20 Å². The molecule has 0 saturated heterocycles. The first-order chi connectivity index (χ1) is 16.3. The van der Waals surface area contributed by atoms with Gasteiger partial charge in [0, 0.05) is 16.8 Å². The predicted molar refractivity (Wildman–Crippen MR) is 141 cm³/mol. The average molecular weight is 446 g/mol. The molecular weight excluding hydrogens is 419 g/mol. The van der Waals surface area contributed by atoms with Gasteiger partial charge < -0.3 is 4.40 Å². The molecule has 0 radical (unpaired) electrons. The van der Waals surface area contributed by atoms with Crippen LogP contribution in [0.15, 0.2) is 66.9 Å². The van der Waals surface area contributed by atoms with Crippen molar-refractivity contribution < 1.29 is 8.96 Å². The van der Waals surface area contributed by atoms with Crippen LogP contribution in [0.2, 0.25) is 0 Å². The third-order valence-electron chi connectivity index (χ3n) is 7.65. The lowest BCUT2D eigenvalue weighted by Crippen LogP contribution is -2.29. The molecule has 4 aromatic carbocycles. The summed E-state index contributed by atoms with van der Waals surface area (Å²) in [5.41, 5.74) is 7.23. The second-order valence-corrected chi connectivity index (χ2v) is 10.7. The van der Waals surface area contributed by atoms with Crippen LogP contribution in [0.1, 0.15) is 31.9 Å². The highest BCUT2D eigenvalue weighted by Gasteiger charge is 2.30. The van der Waals surface area contributed by atoms with Crippen molar-refractivity contribution in [3.8, 4) is 0 Å². The maximum absolute atomic E-state index is 14.5. The molecule has 0 fully saturated rings. The Labute approximate surface area is 197 Å². The van der Waals surface area contributed by atoms with E-state index in [0.717, 1.165) is 16.3 Å². The van der Waals surface area contributed by atoms with Gasteiger partial charge >= 0.3 is 0 Å². The van der Waals surface area contributed by atoms with Gasteiger partial charge in [-0.05, 0) is 57.8 Å². The summed E-state index contributed by atoms with van der Waals surface area (Å²) in [5.74, 6) is -0.198. The van der Waals surface area contributed by atoms with Gasteiger partial charge in [-0.2, -0.15) is 0 Å². The molecule has 3 heterocycles. The molecule has 7 rings (SSSR count). The van der Waals surface area contributed by atoms with E-state index >= 15 is 0 Å². The van der Waals surface area contributed by atoms with Gasteiger partial charge in [-0.15, -0.1) is 0 Å². The van der Waals surface area contributed by atoms with Crippen LogP contribution >= 0.6 is 0 Å². The van der Waals surface area contributed by atoms with Crippen LogP contribution in [-0.4, -0.2) is 4.40 Å². The lowest BCUT2D eigenvalue weighted by molar-refractivity contribution is -0.643. The number of nitrogens with zero attached hydrogens (tertiary/aromatic N) is 2. The number of aryl methyl sites for hydroxylation is 2. The summed E-state index contributed by atoms with van der Waals surface area (Å²) in [7, 11) is 2.14. The standard InChI is InChI=1S/C31H26FN2/c1-17-20-8-6-7-9-21(20)27(31(2,3)4)30-25(17)29-26-18(14-15-33(29)5)10-12-22-23-16-19(32)11-13-24(23)34(30)28(22)26/h6-16H,1-5H3/q+1. The zero-order valence-electron chi connectivity index (χ0n) is 20.1. The van der Waals surface area contributed by atoms with Crippen molar-refractivity contribution in [2.45, 2.75) is 33.1 Å². The molecule has 34 heavy (non-hydrogen) atoms. The van der Waals surface area contributed by atoms with E-state index in [9.17, 15) is 4.39 Å². The summed E-state index contributed by atoms with van der Waals surface area (Å²) < 4.78 is 19.2. The van der Waals surface area contributed by atoms with E-state index in [4.69, 9.17) is 0 Å². The van der Waals surface area contributed by atoms with Crippen molar-refractivity contribution in [1.29, 1.82) is 0 Å². The second-order valence-electron chi connectivity index (χ2n) is 10.7. The molecule has 0 N–H and O–H groups in total. The highest BCUT2D eigenvalue weighted by Crippen LogP contribution is 2.46. The normalized spacial score (nSPS) is 13.0. The molecule has 2 nitrogen and oxygen atoms in total. The van der Waals surface area contributed by atoms with E-state index in [0.29, 0.717) is 0 Å². The van der Waals surface area contributed by atoms with Crippen LogP contribution in [0, 0.1) is 12.7 Å². The summed E-state index contributed by atoms with van der Waals surface area (Å²) in [6.45, 7) is 9.15. The van der Waals surface area contributed by atoms with E-state index in [1.807, 2.05) is 6.07 Å². The highest BCUT2D eigenvalue weighted by atomic mass is 19.1. The van der Waals surface area contributed by atoms with E-state index in [2.05, 4.69) is 92.4 Å². The predicted octanol–water partition coefficient (Wildman–Crippen LogP) is 7.71. The van der Waals surface area contributed by atoms with Crippen molar-refractivity contribution >= 4 is 59.8 Å².